The third kappa shape index (κ3) is 4.53. The molecule has 0 radical (unpaired) electrons. The van der Waals surface area contributed by atoms with Gasteiger partial charge in [0.1, 0.15) is 10.7 Å². The molecule has 1 aromatic carbocycles. The number of sulfonamides is 1. The summed E-state index contributed by atoms with van der Waals surface area (Å²) in [5.41, 5.74) is 2.37. The van der Waals surface area contributed by atoms with Crippen LogP contribution in [0.15, 0.2) is 47.5 Å². The Balaban J connectivity index is 1.60. The fourth-order valence-electron chi connectivity index (χ4n) is 2.29. The molecule has 1 aliphatic carbocycles. The van der Waals surface area contributed by atoms with Gasteiger partial charge in [0.05, 0.1) is 0 Å². The molecule has 0 amide bonds. The predicted molar refractivity (Wildman–Crippen MR) is 90.7 cm³/mol. The summed E-state index contributed by atoms with van der Waals surface area (Å²) in [6.45, 7) is 3.23. The molecule has 0 unspecified atom stereocenters. The van der Waals surface area contributed by atoms with Crippen molar-refractivity contribution in [1.29, 1.82) is 0 Å². The maximum atomic E-state index is 12.1. The van der Waals surface area contributed by atoms with Gasteiger partial charge in [-0.15, -0.1) is 0 Å². The first-order valence-electron chi connectivity index (χ1n) is 7.78. The average molecular weight is 331 g/mol. The van der Waals surface area contributed by atoms with Crippen molar-refractivity contribution in [3.63, 3.8) is 0 Å². The van der Waals surface area contributed by atoms with E-state index in [1.165, 1.54) is 11.8 Å². The summed E-state index contributed by atoms with van der Waals surface area (Å²) in [5.74, 6) is 1.17. The van der Waals surface area contributed by atoms with Crippen LogP contribution in [0.5, 0.6) is 0 Å². The van der Waals surface area contributed by atoms with E-state index in [0.717, 1.165) is 18.4 Å². The van der Waals surface area contributed by atoms with Crippen LogP contribution in [0, 0.1) is 12.8 Å². The first kappa shape index (κ1) is 16.0. The fraction of sp³-hybridized carbons (Fsp3) is 0.353. The number of pyridine rings is 1. The van der Waals surface area contributed by atoms with Crippen LogP contribution in [0.25, 0.3) is 0 Å². The molecule has 122 valence electrons. The van der Waals surface area contributed by atoms with Crippen LogP contribution >= 0.6 is 0 Å². The summed E-state index contributed by atoms with van der Waals surface area (Å²) in [7, 11) is -3.45. The lowest BCUT2D eigenvalue weighted by molar-refractivity contribution is 0.577. The number of nitrogens with zero attached hydrogens (tertiary/aromatic N) is 1. The normalized spacial score (nSPS) is 14.7. The minimum absolute atomic E-state index is 0.208. The molecular formula is C17H21N3O2S. The molecule has 6 heteroatoms. The van der Waals surface area contributed by atoms with Gasteiger partial charge in [-0.3, -0.25) is 0 Å². The zero-order chi connectivity index (χ0) is 16.3. The number of hydrogen-bond acceptors (Lipinski definition) is 4. The van der Waals surface area contributed by atoms with E-state index in [1.807, 2.05) is 12.1 Å². The molecule has 0 saturated heterocycles. The molecule has 1 heterocycles. The quantitative estimate of drug-likeness (QED) is 0.818. The molecule has 1 saturated carbocycles. The van der Waals surface area contributed by atoms with Crippen LogP contribution in [0.4, 0.5) is 5.82 Å². The molecule has 0 bridgehead atoms. The van der Waals surface area contributed by atoms with Crippen LogP contribution in [0.3, 0.4) is 0 Å². The van der Waals surface area contributed by atoms with Crippen LogP contribution in [0.2, 0.25) is 0 Å². The van der Waals surface area contributed by atoms with Gasteiger partial charge in [0.25, 0.3) is 0 Å². The van der Waals surface area contributed by atoms with Gasteiger partial charge >= 0.3 is 0 Å². The lowest BCUT2D eigenvalue weighted by Gasteiger charge is -2.08. The highest BCUT2D eigenvalue weighted by molar-refractivity contribution is 7.89. The Morgan fingerprint density at radius 3 is 2.70 bits per heavy atom. The predicted octanol–water partition coefficient (Wildman–Crippen LogP) is 2.69. The summed E-state index contributed by atoms with van der Waals surface area (Å²) >= 11 is 0. The van der Waals surface area contributed by atoms with Gasteiger partial charge in [0, 0.05) is 19.3 Å². The molecule has 0 aliphatic heterocycles. The molecule has 0 spiro atoms. The number of aromatic nitrogens is 1. The number of aryl methyl sites for hydroxylation is 1. The highest BCUT2D eigenvalue weighted by Crippen LogP contribution is 2.28. The first-order valence-corrected chi connectivity index (χ1v) is 9.26. The van der Waals surface area contributed by atoms with Crippen LogP contribution in [-0.4, -0.2) is 19.9 Å². The van der Waals surface area contributed by atoms with Gasteiger partial charge in [0.2, 0.25) is 10.0 Å². The zero-order valence-electron chi connectivity index (χ0n) is 13.1. The molecule has 3 rings (SSSR count). The number of hydrogen-bond donors (Lipinski definition) is 2. The molecule has 2 aromatic rings. The van der Waals surface area contributed by atoms with Crippen molar-refractivity contribution in [2.24, 2.45) is 5.92 Å². The van der Waals surface area contributed by atoms with Crippen molar-refractivity contribution in [2.45, 2.75) is 31.2 Å². The minimum Gasteiger partial charge on any atom is -0.366 e. The largest absolute Gasteiger partial charge is 0.366 e. The Bertz CT molecular complexity index is 769. The number of anilines is 1. The Morgan fingerprint density at radius 2 is 2.04 bits per heavy atom. The van der Waals surface area contributed by atoms with Crippen LogP contribution < -0.4 is 10.0 Å². The number of nitrogens with one attached hydrogen (secondary N) is 2. The van der Waals surface area contributed by atoms with Crippen molar-refractivity contribution in [3.8, 4) is 0 Å². The van der Waals surface area contributed by atoms with E-state index in [2.05, 4.69) is 34.1 Å². The lowest BCUT2D eigenvalue weighted by Crippen LogP contribution is -2.25. The highest BCUT2D eigenvalue weighted by atomic mass is 32.2. The summed E-state index contributed by atoms with van der Waals surface area (Å²) in [6.07, 6.45) is 3.62. The van der Waals surface area contributed by atoms with Crippen LogP contribution in [0.1, 0.15) is 24.0 Å². The van der Waals surface area contributed by atoms with Crippen molar-refractivity contribution in [1.82, 2.24) is 9.71 Å². The van der Waals surface area contributed by atoms with E-state index < -0.39 is 10.0 Å². The summed E-state index contributed by atoms with van der Waals surface area (Å²) in [5, 5.41) is 3.20. The van der Waals surface area contributed by atoms with E-state index in [0.29, 0.717) is 24.8 Å². The van der Waals surface area contributed by atoms with Crippen molar-refractivity contribution in [2.75, 3.05) is 11.9 Å². The fourth-order valence-corrected chi connectivity index (χ4v) is 3.35. The van der Waals surface area contributed by atoms with E-state index in [1.54, 1.807) is 12.1 Å². The average Bonchev–Trinajstić information content (AvgIpc) is 3.36. The second kappa shape index (κ2) is 6.68. The monoisotopic (exact) mass is 331 g/mol. The molecular weight excluding hydrogens is 310 g/mol. The second-order valence-corrected chi connectivity index (χ2v) is 7.78. The zero-order valence-corrected chi connectivity index (χ0v) is 13.9. The molecule has 0 atom stereocenters. The maximum absolute atomic E-state index is 12.1. The van der Waals surface area contributed by atoms with Crippen molar-refractivity contribution in [3.05, 3.63) is 53.7 Å². The highest BCUT2D eigenvalue weighted by Gasteiger charge is 2.24. The molecule has 23 heavy (non-hydrogen) atoms. The number of rotatable bonds is 7. The Labute approximate surface area is 137 Å². The Morgan fingerprint density at radius 1 is 1.22 bits per heavy atom. The van der Waals surface area contributed by atoms with Gasteiger partial charge in [-0.25, -0.2) is 18.1 Å². The van der Waals surface area contributed by atoms with Gasteiger partial charge < -0.3 is 5.32 Å². The minimum atomic E-state index is -3.45. The molecule has 1 fully saturated rings. The van der Waals surface area contributed by atoms with Gasteiger partial charge in [-0.05, 0) is 43.4 Å². The standard InChI is InChI=1S/C17H21N3O2S/c1-13-3-2-4-15(9-13)10-18-17-8-7-16(12-19-17)23(21,22)20-11-14-5-6-14/h2-4,7-9,12,14,20H,5-6,10-11H2,1H3,(H,18,19). The topological polar surface area (TPSA) is 71.1 Å². The molecule has 2 N–H and O–H groups in total. The third-order valence-corrected chi connectivity index (χ3v) is 5.27. The molecule has 1 aromatic heterocycles. The summed E-state index contributed by atoms with van der Waals surface area (Å²) in [6, 6.07) is 11.5. The Kier molecular flexibility index (Phi) is 4.63. The Hall–Kier alpha value is -1.92. The SMILES string of the molecule is Cc1cccc(CNc2ccc(S(=O)(=O)NCC3CC3)cn2)c1. The molecule has 5 nitrogen and oxygen atoms in total. The van der Waals surface area contributed by atoms with E-state index in [4.69, 9.17) is 0 Å². The smallest absolute Gasteiger partial charge is 0.242 e. The third-order valence-electron chi connectivity index (χ3n) is 3.86. The second-order valence-electron chi connectivity index (χ2n) is 6.02. The van der Waals surface area contributed by atoms with Crippen LogP contribution in [-0.2, 0) is 16.6 Å². The molecule has 1 aliphatic rings. The van der Waals surface area contributed by atoms with Gasteiger partial charge in [-0.2, -0.15) is 0 Å². The summed E-state index contributed by atoms with van der Waals surface area (Å²) in [4.78, 5) is 4.40. The van der Waals surface area contributed by atoms with Crippen molar-refractivity contribution >= 4 is 15.8 Å². The van der Waals surface area contributed by atoms with E-state index in [9.17, 15) is 8.42 Å². The van der Waals surface area contributed by atoms with Gasteiger partial charge in [-0.1, -0.05) is 29.8 Å². The van der Waals surface area contributed by atoms with E-state index >= 15 is 0 Å². The lowest BCUT2D eigenvalue weighted by atomic mass is 10.1. The van der Waals surface area contributed by atoms with E-state index in [-0.39, 0.29) is 4.90 Å². The first-order chi connectivity index (χ1) is 11.0. The summed E-state index contributed by atoms with van der Waals surface area (Å²) < 4.78 is 26.9. The maximum Gasteiger partial charge on any atom is 0.242 e. The van der Waals surface area contributed by atoms with Crippen molar-refractivity contribution < 1.29 is 8.42 Å². The van der Waals surface area contributed by atoms with Gasteiger partial charge in [0.15, 0.2) is 0 Å². The number of benzene rings is 1.